The van der Waals surface area contributed by atoms with Gasteiger partial charge in [-0.15, -0.1) is 0 Å². The number of benzene rings is 3. The van der Waals surface area contributed by atoms with Crippen LogP contribution < -0.4 is 4.74 Å². The molecule has 0 N–H and O–H groups in total. The lowest BCUT2D eigenvalue weighted by atomic mass is 9.95. The molecule has 0 amide bonds. The number of ether oxygens (including phenoxy) is 1. The fourth-order valence-corrected chi connectivity index (χ4v) is 4.14. The van der Waals surface area contributed by atoms with Crippen molar-refractivity contribution in [3.05, 3.63) is 131 Å². The Kier molecular flexibility index (Phi) is 6.40. The molecule has 0 aliphatic carbocycles. The summed E-state index contributed by atoms with van der Waals surface area (Å²) < 4.78 is 17.6. The average Bonchev–Trinajstić information content (AvgIpc) is 3.51. The highest BCUT2D eigenvalue weighted by Crippen LogP contribution is 2.30. The minimum Gasteiger partial charge on any atom is -0.490 e. The van der Waals surface area contributed by atoms with Gasteiger partial charge < -0.3 is 13.6 Å². The predicted molar refractivity (Wildman–Crippen MR) is 142 cm³/mol. The van der Waals surface area contributed by atoms with Crippen molar-refractivity contribution < 1.29 is 13.6 Å². The van der Waals surface area contributed by atoms with E-state index in [0.717, 1.165) is 56.6 Å². The van der Waals surface area contributed by atoms with Gasteiger partial charge in [-0.1, -0.05) is 60.7 Å². The van der Waals surface area contributed by atoms with Crippen LogP contribution in [0, 0.1) is 20.8 Å². The maximum atomic E-state index is 6.05. The largest absolute Gasteiger partial charge is 0.490 e. The van der Waals surface area contributed by atoms with Crippen LogP contribution >= 0.6 is 0 Å². The smallest absolute Gasteiger partial charge is 0.134 e. The monoisotopic (exact) mass is 460 g/mol. The maximum absolute atomic E-state index is 6.05. The van der Waals surface area contributed by atoms with E-state index < -0.39 is 0 Å². The first-order valence-corrected chi connectivity index (χ1v) is 11.8. The first-order valence-electron chi connectivity index (χ1n) is 11.8. The van der Waals surface area contributed by atoms with Gasteiger partial charge in [0.2, 0.25) is 0 Å². The van der Waals surface area contributed by atoms with Gasteiger partial charge in [0.1, 0.15) is 35.4 Å². The van der Waals surface area contributed by atoms with Crippen LogP contribution in [0.4, 0.5) is 0 Å². The summed E-state index contributed by atoms with van der Waals surface area (Å²) in [6, 6.07) is 33.0. The molecular formula is C32H28O3. The van der Waals surface area contributed by atoms with Crippen molar-refractivity contribution in [1.29, 1.82) is 0 Å². The molecule has 0 saturated carbocycles. The molecule has 174 valence electrons. The first kappa shape index (κ1) is 22.5. The second-order valence-corrected chi connectivity index (χ2v) is 8.72. The van der Waals surface area contributed by atoms with Gasteiger partial charge in [-0.05, 0) is 85.5 Å². The Morgan fingerprint density at radius 3 is 1.66 bits per heavy atom. The summed E-state index contributed by atoms with van der Waals surface area (Å²) in [4.78, 5) is 0. The zero-order chi connectivity index (χ0) is 24.2. The molecule has 0 radical (unpaired) electrons. The third-order valence-corrected chi connectivity index (χ3v) is 5.97. The second-order valence-electron chi connectivity index (χ2n) is 8.72. The van der Waals surface area contributed by atoms with E-state index in [9.17, 15) is 0 Å². The van der Waals surface area contributed by atoms with E-state index >= 15 is 0 Å². The van der Waals surface area contributed by atoms with Crippen LogP contribution in [-0.4, -0.2) is 6.61 Å². The Morgan fingerprint density at radius 2 is 1.20 bits per heavy atom. The van der Waals surface area contributed by atoms with E-state index in [-0.39, 0.29) is 0 Å². The molecule has 5 rings (SSSR count). The van der Waals surface area contributed by atoms with Gasteiger partial charge in [-0.2, -0.15) is 0 Å². The fraction of sp³-hybridized carbons (Fsp3) is 0.125. The minimum atomic E-state index is 0.469. The molecule has 0 unspecified atom stereocenters. The van der Waals surface area contributed by atoms with Crippen molar-refractivity contribution in [2.45, 2.75) is 20.8 Å². The van der Waals surface area contributed by atoms with Gasteiger partial charge in [0, 0.05) is 11.1 Å². The van der Waals surface area contributed by atoms with Crippen molar-refractivity contribution >= 4 is 5.57 Å². The number of hydrogen-bond donors (Lipinski definition) is 0. The van der Waals surface area contributed by atoms with E-state index in [2.05, 4.69) is 67.6 Å². The Morgan fingerprint density at radius 1 is 0.657 bits per heavy atom. The van der Waals surface area contributed by atoms with Crippen LogP contribution in [0.15, 0.2) is 112 Å². The van der Waals surface area contributed by atoms with Gasteiger partial charge in [0.05, 0.1) is 0 Å². The molecule has 0 atom stereocenters. The normalized spacial score (nSPS) is 10.8. The highest BCUT2D eigenvalue weighted by molar-refractivity contribution is 5.81. The Hall–Kier alpha value is -4.24. The van der Waals surface area contributed by atoms with Crippen LogP contribution in [-0.2, 0) is 0 Å². The quantitative estimate of drug-likeness (QED) is 0.244. The van der Waals surface area contributed by atoms with Crippen LogP contribution in [0.25, 0.3) is 28.2 Å². The maximum Gasteiger partial charge on any atom is 0.134 e. The van der Waals surface area contributed by atoms with Gasteiger partial charge in [0.15, 0.2) is 0 Å². The SMILES string of the molecule is Cc1cccc(OCC=C(c2ccc(-c3ccc(C)o3)cc2)c2ccc(-c3ccc(C)o3)cc2)c1. The Bertz CT molecular complexity index is 1360. The average molecular weight is 461 g/mol. The summed E-state index contributed by atoms with van der Waals surface area (Å²) in [5, 5.41) is 0. The van der Waals surface area contributed by atoms with Gasteiger partial charge in [0.25, 0.3) is 0 Å². The number of rotatable bonds is 7. The van der Waals surface area contributed by atoms with Gasteiger partial charge in [-0.3, -0.25) is 0 Å². The van der Waals surface area contributed by atoms with Crippen molar-refractivity contribution in [3.8, 4) is 28.4 Å². The molecule has 2 aromatic heterocycles. The first-order chi connectivity index (χ1) is 17.0. The number of furan rings is 2. The molecule has 5 aromatic rings. The van der Waals surface area contributed by atoms with Crippen LogP contribution in [0.3, 0.4) is 0 Å². The van der Waals surface area contributed by atoms with E-state index in [0.29, 0.717) is 6.61 Å². The van der Waals surface area contributed by atoms with Crippen LogP contribution in [0.1, 0.15) is 28.2 Å². The molecule has 2 heterocycles. The van der Waals surface area contributed by atoms with E-state index in [4.69, 9.17) is 13.6 Å². The molecule has 3 aromatic carbocycles. The van der Waals surface area contributed by atoms with Crippen molar-refractivity contribution in [2.24, 2.45) is 0 Å². The van der Waals surface area contributed by atoms with Gasteiger partial charge in [-0.25, -0.2) is 0 Å². The van der Waals surface area contributed by atoms with Crippen molar-refractivity contribution in [3.63, 3.8) is 0 Å². The minimum absolute atomic E-state index is 0.469. The summed E-state index contributed by atoms with van der Waals surface area (Å²) >= 11 is 0. The topological polar surface area (TPSA) is 35.5 Å². The fourth-order valence-electron chi connectivity index (χ4n) is 4.14. The zero-order valence-corrected chi connectivity index (χ0v) is 20.2. The van der Waals surface area contributed by atoms with E-state index in [1.54, 1.807) is 0 Å². The molecule has 0 aliphatic heterocycles. The molecule has 0 fully saturated rings. The molecular weight excluding hydrogens is 432 g/mol. The number of aryl methyl sites for hydroxylation is 3. The summed E-state index contributed by atoms with van der Waals surface area (Å²) in [6.45, 7) is 6.45. The van der Waals surface area contributed by atoms with Crippen LogP contribution in [0.5, 0.6) is 5.75 Å². The predicted octanol–water partition coefficient (Wildman–Crippen LogP) is 8.64. The summed E-state index contributed by atoms with van der Waals surface area (Å²) in [6.07, 6.45) is 2.14. The lowest BCUT2D eigenvalue weighted by molar-refractivity contribution is 0.363. The lowest BCUT2D eigenvalue weighted by Gasteiger charge is -2.12. The van der Waals surface area contributed by atoms with Crippen molar-refractivity contribution in [2.75, 3.05) is 6.61 Å². The summed E-state index contributed by atoms with van der Waals surface area (Å²) in [5.74, 6) is 4.43. The zero-order valence-electron chi connectivity index (χ0n) is 20.2. The Labute approximate surface area is 206 Å². The van der Waals surface area contributed by atoms with E-state index in [1.165, 1.54) is 5.56 Å². The van der Waals surface area contributed by atoms with Crippen LogP contribution in [0.2, 0.25) is 0 Å². The van der Waals surface area contributed by atoms with E-state index in [1.807, 2.05) is 56.3 Å². The molecule has 0 spiro atoms. The number of hydrogen-bond acceptors (Lipinski definition) is 3. The molecule has 3 nitrogen and oxygen atoms in total. The molecule has 0 bridgehead atoms. The second kappa shape index (κ2) is 9.94. The third kappa shape index (κ3) is 5.30. The molecule has 35 heavy (non-hydrogen) atoms. The highest BCUT2D eigenvalue weighted by atomic mass is 16.5. The van der Waals surface area contributed by atoms with Gasteiger partial charge >= 0.3 is 0 Å². The molecule has 0 saturated heterocycles. The third-order valence-electron chi connectivity index (χ3n) is 5.97. The summed E-state index contributed by atoms with van der Waals surface area (Å²) in [7, 11) is 0. The Balaban J connectivity index is 1.45. The standard InChI is InChI=1S/C32H28O3/c1-22-5-4-6-29(21-22)33-20-19-30(25-9-13-27(14-10-25)31-17-7-23(2)34-31)26-11-15-28(16-12-26)32-18-8-24(3)35-32/h4-19,21H,20H2,1-3H3. The molecule has 0 aliphatic rings. The molecule has 3 heteroatoms. The lowest BCUT2D eigenvalue weighted by Crippen LogP contribution is -1.97. The van der Waals surface area contributed by atoms with Crippen molar-refractivity contribution in [1.82, 2.24) is 0 Å². The summed E-state index contributed by atoms with van der Waals surface area (Å²) in [5.41, 5.74) is 6.64. The highest BCUT2D eigenvalue weighted by Gasteiger charge is 2.10.